The first kappa shape index (κ1) is 9.38. The summed E-state index contributed by atoms with van der Waals surface area (Å²) in [6.07, 6.45) is -2.73. The summed E-state index contributed by atoms with van der Waals surface area (Å²) in [7, 11) is 0. The van der Waals surface area contributed by atoms with E-state index in [1.165, 1.54) is 6.07 Å². The van der Waals surface area contributed by atoms with Gasteiger partial charge in [0.15, 0.2) is 0 Å². The Hall–Kier alpha value is -0.710. The van der Waals surface area contributed by atoms with Crippen molar-refractivity contribution in [2.75, 3.05) is 5.73 Å². The van der Waals surface area contributed by atoms with Gasteiger partial charge in [-0.2, -0.15) is 0 Å². The Labute approximate surface area is 76.9 Å². The highest BCUT2D eigenvalue weighted by atomic mass is 79.9. The van der Waals surface area contributed by atoms with Gasteiger partial charge in [-0.15, -0.1) is 0 Å². The average Bonchev–Trinajstić information content (AvgIpc) is 1.96. The van der Waals surface area contributed by atoms with Crippen LogP contribution >= 0.6 is 15.9 Å². The predicted molar refractivity (Wildman–Crippen MR) is 46.1 cm³/mol. The lowest BCUT2D eigenvalue weighted by molar-refractivity contribution is 0.148. The lowest BCUT2D eigenvalue weighted by Crippen LogP contribution is -2.02. The van der Waals surface area contributed by atoms with Gasteiger partial charge in [0, 0.05) is 5.69 Å². The second-order valence-electron chi connectivity index (χ2n) is 2.26. The quantitative estimate of drug-likeness (QED) is 0.856. The molecular weight excluding hydrogens is 230 g/mol. The van der Waals surface area contributed by atoms with Crippen LogP contribution in [0.25, 0.3) is 0 Å². The predicted octanol–water partition coefficient (Wildman–Crippen LogP) is 2.23. The molecule has 0 fully saturated rings. The van der Waals surface area contributed by atoms with Gasteiger partial charge in [0.2, 0.25) is 6.43 Å². The lowest BCUT2D eigenvalue weighted by Gasteiger charge is -2.01. The summed E-state index contributed by atoms with van der Waals surface area (Å²) in [6.45, 7) is 0. The number of pyridine rings is 1. The molecule has 5 heteroatoms. The second-order valence-corrected chi connectivity index (χ2v) is 3.12. The Morgan fingerprint density at radius 3 is 2.67 bits per heavy atom. The SMILES string of the molecule is Nc1nc(CC(F)F)ccc1Br. The number of hydrogen-bond donors (Lipinski definition) is 1. The molecule has 0 spiro atoms. The van der Waals surface area contributed by atoms with E-state index in [-0.39, 0.29) is 12.2 Å². The summed E-state index contributed by atoms with van der Waals surface area (Å²) in [5.74, 6) is 0.244. The molecule has 1 aromatic rings. The van der Waals surface area contributed by atoms with Crippen LogP contribution in [0.5, 0.6) is 0 Å². The fourth-order valence-electron chi connectivity index (χ4n) is 0.772. The fourth-order valence-corrected chi connectivity index (χ4v) is 0.993. The number of hydrogen-bond acceptors (Lipinski definition) is 2. The molecule has 1 rings (SSSR count). The highest BCUT2D eigenvalue weighted by Gasteiger charge is 2.06. The Kier molecular flexibility index (Phi) is 2.97. The Morgan fingerprint density at radius 2 is 2.17 bits per heavy atom. The highest BCUT2D eigenvalue weighted by Crippen LogP contribution is 2.17. The summed E-state index contributed by atoms with van der Waals surface area (Å²) in [6, 6.07) is 3.13. The number of nitrogens with two attached hydrogens (primary N) is 1. The average molecular weight is 237 g/mol. The number of aromatic nitrogens is 1. The highest BCUT2D eigenvalue weighted by molar-refractivity contribution is 9.10. The maximum absolute atomic E-state index is 11.9. The van der Waals surface area contributed by atoms with Gasteiger partial charge in [-0.3, -0.25) is 0 Å². The third-order valence-electron chi connectivity index (χ3n) is 1.29. The van der Waals surface area contributed by atoms with Crippen molar-refractivity contribution in [3.05, 3.63) is 22.3 Å². The first-order chi connectivity index (χ1) is 5.59. The van der Waals surface area contributed by atoms with Crippen LogP contribution in [0.4, 0.5) is 14.6 Å². The van der Waals surface area contributed by atoms with E-state index < -0.39 is 6.43 Å². The topological polar surface area (TPSA) is 38.9 Å². The molecule has 0 aliphatic carbocycles. The minimum Gasteiger partial charge on any atom is -0.383 e. The van der Waals surface area contributed by atoms with E-state index in [2.05, 4.69) is 20.9 Å². The molecule has 0 aromatic carbocycles. The number of anilines is 1. The maximum atomic E-state index is 11.9. The van der Waals surface area contributed by atoms with Gasteiger partial charge in [-0.1, -0.05) is 0 Å². The summed E-state index contributed by atoms with van der Waals surface area (Å²) < 4.78 is 24.3. The van der Waals surface area contributed by atoms with Crippen molar-refractivity contribution < 1.29 is 8.78 Å². The largest absolute Gasteiger partial charge is 0.383 e. The summed E-state index contributed by atoms with van der Waals surface area (Å²) in [4.78, 5) is 3.76. The van der Waals surface area contributed by atoms with Crippen molar-refractivity contribution in [2.45, 2.75) is 12.8 Å². The molecule has 0 aliphatic rings. The van der Waals surface area contributed by atoms with Crippen molar-refractivity contribution >= 4 is 21.7 Å². The van der Waals surface area contributed by atoms with Crippen molar-refractivity contribution in [3.63, 3.8) is 0 Å². The number of rotatable bonds is 2. The Balaban J connectivity index is 2.82. The van der Waals surface area contributed by atoms with Gasteiger partial charge in [-0.25, -0.2) is 13.8 Å². The van der Waals surface area contributed by atoms with Gasteiger partial charge >= 0.3 is 0 Å². The zero-order chi connectivity index (χ0) is 9.14. The van der Waals surface area contributed by atoms with E-state index in [9.17, 15) is 8.78 Å². The molecular formula is C7H7BrF2N2. The van der Waals surface area contributed by atoms with Crippen molar-refractivity contribution in [1.29, 1.82) is 0 Å². The number of halogens is 3. The molecule has 0 atom stereocenters. The van der Waals surface area contributed by atoms with E-state index in [0.717, 1.165) is 0 Å². The molecule has 0 saturated heterocycles. The summed E-state index contributed by atoms with van der Waals surface area (Å²) >= 11 is 3.12. The molecule has 0 bridgehead atoms. The smallest absolute Gasteiger partial charge is 0.244 e. The molecule has 66 valence electrons. The van der Waals surface area contributed by atoms with Crippen LogP contribution < -0.4 is 5.73 Å². The van der Waals surface area contributed by atoms with Crippen LogP contribution in [-0.2, 0) is 6.42 Å². The van der Waals surface area contributed by atoms with Gasteiger partial charge in [0.05, 0.1) is 10.9 Å². The van der Waals surface area contributed by atoms with E-state index in [0.29, 0.717) is 10.2 Å². The first-order valence-corrected chi connectivity index (χ1v) is 4.08. The molecule has 2 nitrogen and oxygen atoms in total. The van der Waals surface area contributed by atoms with Crippen molar-refractivity contribution in [2.24, 2.45) is 0 Å². The van der Waals surface area contributed by atoms with E-state index >= 15 is 0 Å². The molecule has 0 unspecified atom stereocenters. The molecule has 1 aromatic heterocycles. The maximum Gasteiger partial charge on any atom is 0.244 e. The number of nitrogens with zero attached hydrogens (tertiary/aromatic N) is 1. The number of nitrogen functional groups attached to an aromatic ring is 1. The number of alkyl halides is 2. The van der Waals surface area contributed by atoms with Crippen LogP contribution in [-0.4, -0.2) is 11.4 Å². The van der Waals surface area contributed by atoms with Crippen molar-refractivity contribution in [1.82, 2.24) is 4.98 Å². The molecule has 0 amide bonds. The summed E-state index contributed by atoms with van der Waals surface area (Å²) in [5.41, 5.74) is 5.70. The minimum absolute atomic E-state index is 0.244. The standard InChI is InChI=1S/C7H7BrF2N2/c8-5-2-1-4(3-6(9)10)12-7(5)11/h1-2,6H,3H2,(H2,11,12). The second kappa shape index (κ2) is 3.80. The zero-order valence-electron chi connectivity index (χ0n) is 6.10. The van der Waals surface area contributed by atoms with Gasteiger partial charge < -0.3 is 5.73 Å². The Bertz CT molecular complexity index is 278. The monoisotopic (exact) mass is 236 g/mol. The van der Waals surface area contributed by atoms with Gasteiger partial charge in [0.1, 0.15) is 5.82 Å². The molecule has 0 radical (unpaired) electrons. The first-order valence-electron chi connectivity index (χ1n) is 3.28. The molecule has 1 heterocycles. The van der Waals surface area contributed by atoms with Gasteiger partial charge in [0.25, 0.3) is 0 Å². The third-order valence-corrected chi connectivity index (χ3v) is 1.96. The van der Waals surface area contributed by atoms with Crippen LogP contribution in [0.2, 0.25) is 0 Å². The van der Waals surface area contributed by atoms with Crippen LogP contribution in [0.3, 0.4) is 0 Å². The van der Waals surface area contributed by atoms with E-state index in [4.69, 9.17) is 5.73 Å². The zero-order valence-corrected chi connectivity index (χ0v) is 7.68. The van der Waals surface area contributed by atoms with Gasteiger partial charge in [-0.05, 0) is 28.1 Å². The summed E-state index contributed by atoms with van der Waals surface area (Å²) in [5, 5.41) is 0. The Morgan fingerprint density at radius 1 is 1.50 bits per heavy atom. The van der Waals surface area contributed by atoms with Crippen LogP contribution in [0.15, 0.2) is 16.6 Å². The molecule has 0 aliphatic heterocycles. The van der Waals surface area contributed by atoms with Crippen LogP contribution in [0.1, 0.15) is 5.69 Å². The van der Waals surface area contributed by atoms with E-state index in [1.807, 2.05) is 0 Å². The molecule has 12 heavy (non-hydrogen) atoms. The fraction of sp³-hybridized carbons (Fsp3) is 0.286. The van der Waals surface area contributed by atoms with Crippen molar-refractivity contribution in [3.8, 4) is 0 Å². The minimum atomic E-state index is -2.38. The van der Waals surface area contributed by atoms with E-state index in [1.54, 1.807) is 6.07 Å². The normalized spacial score (nSPS) is 10.7. The molecule has 2 N–H and O–H groups in total. The van der Waals surface area contributed by atoms with Crippen LogP contribution in [0, 0.1) is 0 Å². The lowest BCUT2D eigenvalue weighted by atomic mass is 10.3. The third kappa shape index (κ3) is 2.41. The molecule has 0 saturated carbocycles.